The maximum Gasteiger partial charge on any atom is 0.416 e. The molecule has 0 saturated heterocycles. The lowest BCUT2D eigenvalue weighted by atomic mass is 10.2. The molecule has 0 radical (unpaired) electrons. The van der Waals surface area contributed by atoms with Crippen LogP contribution in [0.25, 0.3) is 0 Å². The first kappa shape index (κ1) is 23.5. The maximum atomic E-state index is 13.2. The molecule has 0 bridgehead atoms. The fraction of sp³-hybridized carbons (Fsp3) is 0.250. The van der Waals surface area contributed by atoms with Crippen LogP contribution >= 0.6 is 11.8 Å². The van der Waals surface area contributed by atoms with Crippen LogP contribution in [-0.4, -0.2) is 29.5 Å². The fourth-order valence-corrected chi connectivity index (χ4v) is 2.96. The zero-order valence-electron chi connectivity index (χ0n) is 15.6. The summed E-state index contributed by atoms with van der Waals surface area (Å²) in [5.41, 5.74) is -1.16. The predicted octanol–water partition coefficient (Wildman–Crippen LogP) is 5.88. The zero-order valence-corrected chi connectivity index (χ0v) is 16.4. The lowest BCUT2D eigenvalue weighted by molar-refractivity contribution is -0.144. The molecule has 2 rings (SSSR count). The minimum Gasteiger partial charge on any atom is -0.489 e. The van der Waals surface area contributed by atoms with E-state index in [0.29, 0.717) is 10.6 Å². The van der Waals surface area contributed by atoms with E-state index in [1.165, 1.54) is 19.1 Å². The number of thioether (sulfide) groups is 1. The first-order chi connectivity index (χ1) is 14.1. The van der Waals surface area contributed by atoms with Crippen LogP contribution in [0.1, 0.15) is 12.5 Å². The molecule has 1 atom stereocenters. The van der Waals surface area contributed by atoms with Crippen molar-refractivity contribution in [2.45, 2.75) is 24.1 Å². The van der Waals surface area contributed by atoms with Crippen LogP contribution in [0.3, 0.4) is 0 Å². The molecule has 0 spiro atoms. The largest absolute Gasteiger partial charge is 0.489 e. The Morgan fingerprint density at radius 1 is 1.03 bits per heavy atom. The highest BCUT2D eigenvalue weighted by molar-refractivity contribution is 7.99. The summed E-state index contributed by atoms with van der Waals surface area (Å²) >= 11 is 1.09. The predicted molar refractivity (Wildman–Crippen MR) is 101 cm³/mol. The number of carboxylic acid groups (broad SMARTS) is 1. The second-order valence-electron chi connectivity index (χ2n) is 6.03. The number of alkyl halides is 3. The molecule has 0 aliphatic rings. The Morgan fingerprint density at radius 2 is 1.60 bits per heavy atom. The van der Waals surface area contributed by atoms with E-state index >= 15 is 0 Å². The van der Waals surface area contributed by atoms with E-state index in [4.69, 9.17) is 14.6 Å². The smallest absolute Gasteiger partial charge is 0.416 e. The van der Waals surface area contributed by atoms with Crippen molar-refractivity contribution in [2.24, 2.45) is 0 Å². The van der Waals surface area contributed by atoms with E-state index in [1.807, 2.05) is 0 Å². The van der Waals surface area contributed by atoms with E-state index in [2.05, 4.69) is 0 Å². The molecule has 0 amide bonds. The fourth-order valence-electron chi connectivity index (χ4n) is 2.10. The molecule has 162 valence electrons. The summed E-state index contributed by atoms with van der Waals surface area (Å²) < 4.78 is 74.3. The second kappa shape index (κ2) is 10.3. The second-order valence-corrected chi connectivity index (χ2v) is 7.08. The van der Waals surface area contributed by atoms with Gasteiger partial charge >= 0.3 is 12.1 Å². The molecule has 4 nitrogen and oxygen atoms in total. The quantitative estimate of drug-likeness (QED) is 0.384. The molecule has 0 aromatic heterocycles. The SMILES string of the molecule is CC(Oc1ccc(SCC(COc2ccc(C(F)(F)F)cc2)=C(F)F)cc1)C(=O)O. The molecule has 2 aromatic carbocycles. The van der Waals surface area contributed by atoms with Gasteiger partial charge in [0.05, 0.1) is 5.56 Å². The van der Waals surface area contributed by atoms with E-state index in [-0.39, 0.29) is 17.1 Å². The standard InChI is InChI=1S/C20H17F5O4S/c1-12(19(26)27)29-16-6-8-17(9-7-16)30-11-13(18(21)22)10-28-15-4-2-14(3-5-15)20(23,24)25/h2-9,12H,10-11H2,1H3,(H,26,27). The van der Waals surface area contributed by atoms with Gasteiger partial charge < -0.3 is 14.6 Å². The molecule has 1 N–H and O–H groups in total. The van der Waals surface area contributed by atoms with Crippen molar-refractivity contribution in [3.8, 4) is 11.5 Å². The lowest BCUT2D eigenvalue weighted by Crippen LogP contribution is -2.22. The molecular weight excluding hydrogens is 431 g/mol. The summed E-state index contributed by atoms with van der Waals surface area (Å²) in [5.74, 6) is -0.850. The van der Waals surface area contributed by atoms with Crippen LogP contribution in [0.4, 0.5) is 22.0 Å². The summed E-state index contributed by atoms with van der Waals surface area (Å²) in [7, 11) is 0. The summed E-state index contributed by atoms with van der Waals surface area (Å²) in [5, 5.41) is 8.81. The van der Waals surface area contributed by atoms with Crippen molar-refractivity contribution < 1.29 is 41.3 Å². The molecular formula is C20H17F5O4S. The number of rotatable bonds is 9. The van der Waals surface area contributed by atoms with E-state index in [1.54, 1.807) is 12.1 Å². The third kappa shape index (κ3) is 7.25. The van der Waals surface area contributed by atoms with Crippen LogP contribution in [0.2, 0.25) is 0 Å². The summed E-state index contributed by atoms with van der Waals surface area (Å²) in [4.78, 5) is 11.4. The minimum atomic E-state index is -4.49. The van der Waals surface area contributed by atoms with Gasteiger partial charge in [0.2, 0.25) is 0 Å². The van der Waals surface area contributed by atoms with Crippen LogP contribution in [-0.2, 0) is 11.0 Å². The number of carboxylic acids is 1. The van der Waals surface area contributed by atoms with Crippen LogP contribution in [0, 0.1) is 0 Å². The highest BCUT2D eigenvalue weighted by Gasteiger charge is 2.30. The molecule has 0 heterocycles. The Kier molecular flexibility index (Phi) is 8.10. The van der Waals surface area contributed by atoms with Gasteiger partial charge in [-0.05, 0) is 55.5 Å². The van der Waals surface area contributed by atoms with Crippen molar-refractivity contribution >= 4 is 17.7 Å². The van der Waals surface area contributed by atoms with Gasteiger partial charge in [-0.15, -0.1) is 11.8 Å². The third-order valence-electron chi connectivity index (χ3n) is 3.76. The average molecular weight is 448 g/mol. The van der Waals surface area contributed by atoms with Crippen molar-refractivity contribution in [1.82, 2.24) is 0 Å². The monoisotopic (exact) mass is 448 g/mol. The first-order valence-corrected chi connectivity index (χ1v) is 9.50. The summed E-state index contributed by atoms with van der Waals surface area (Å²) in [6.45, 7) is 0.904. The van der Waals surface area contributed by atoms with Gasteiger partial charge in [0.25, 0.3) is 6.08 Å². The topological polar surface area (TPSA) is 55.8 Å². The van der Waals surface area contributed by atoms with Crippen molar-refractivity contribution in [2.75, 3.05) is 12.4 Å². The number of benzene rings is 2. The number of ether oxygens (including phenoxy) is 2. The molecule has 0 aliphatic heterocycles. The molecule has 30 heavy (non-hydrogen) atoms. The lowest BCUT2D eigenvalue weighted by Gasteiger charge is -2.12. The van der Waals surface area contributed by atoms with Crippen LogP contribution in [0.15, 0.2) is 65.1 Å². The summed E-state index contributed by atoms with van der Waals surface area (Å²) in [6, 6.07) is 10.0. The van der Waals surface area contributed by atoms with Crippen molar-refractivity contribution in [3.63, 3.8) is 0 Å². The van der Waals surface area contributed by atoms with Gasteiger partial charge in [-0.1, -0.05) is 0 Å². The normalized spacial score (nSPS) is 12.2. The zero-order chi connectivity index (χ0) is 22.3. The maximum absolute atomic E-state index is 13.2. The van der Waals surface area contributed by atoms with E-state index < -0.39 is 36.5 Å². The number of halogens is 5. The van der Waals surface area contributed by atoms with Gasteiger partial charge in [-0.3, -0.25) is 0 Å². The molecule has 2 aromatic rings. The van der Waals surface area contributed by atoms with Gasteiger partial charge in [0, 0.05) is 16.2 Å². The Hall–Kier alpha value is -2.75. The molecule has 1 unspecified atom stereocenters. The van der Waals surface area contributed by atoms with Crippen molar-refractivity contribution in [1.29, 1.82) is 0 Å². The van der Waals surface area contributed by atoms with Gasteiger partial charge in [0.15, 0.2) is 6.10 Å². The number of aliphatic carboxylic acids is 1. The van der Waals surface area contributed by atoms with Crippen molar-refractivity contribution in [3.05, 3.63) is 65.7 Å². The molecule has 0 fully saturated rings. The number of carbonyl (C=O) groups is 1. The first-order valence-electron chi connectivity index (χ1n) is 8.51. The Bertz CT molecular complexity index is 876. The number of hydrogen-bond donors (Lipinski definition) is 1. The Morgan fingerprint density at radius 3 is 2.10 bits per heavy atom. The van der Waals surface area contributed by atoms with Gasteiger partial charge in [-0.2, -0.15) is 22.0 Å². The van der Waals surface area contributed by atoms with E-state index in [0.717, 1.165) is 36.0 Å². The molecule has 10 heteroatoms. The molecule has 0 aliphatic carbocycles. The average Bonchev–Trinajstić information content (AvgIpc) is 2.68. The van der Waals surface area contributed by atoms with Crippen LogP contribution < -0.4 is 9.47 Å². The highest BCUT2D eigenvalue weighted by Crippen LogP contribution is 2.31. The van der Waals surface area contributed by atoms with Gasteiger partial charge in [-0.25, -0.2) is 4.79 Å². The Labute approximate surface area is 173 Å². The minimum absolute atomic E-state index is 0.0424. The van der Waals surface area contributed by atoms with E-state index in [9.17, 15) is 26.7 Å². The third-order valence-corrected chi connectivity index (χ3v) is 4.86. The number of hydrogen-bond acceptors (Lipinski definition) is 4. The Balaban J connectivity index is 1.91. The summed E-state index contributed by atoms with van der Waals surface area (Å²) in [6.07, 6.45) is -7.44. The van der Waals surface area contributed by atoms with Gasteiger partial charge in [0.1, 0.15) is 18.1 Å². The molecule has 0 saturated carbocycles. The highest BCUT2D eigenvalue weighted by atomic mass is 32.2. The van der Waals surface area contributed by atoms with Crippen LogP contribution in [0.5, 0.6) is 11.5 Å².